The third-order valence-electron chi connectivity index (χ3n) is 5.78. The Morgan fingerprint density at radius 3 is 2.58 bits per heavy atom. The van der Waals surface area contributed by atoms with E-state index in [-0.39, 0.29) is 5.54 Å². The zero-order valence-corrected chi connectivity index (χ0v) is 15.5. The molecule has 1 saturated carbocycles. The number of hydrogen-bond donors (Lipinski definition) is 1. The molecule has 2 fully saturated rings. The molecule has 0 spiro atoms. The van der Waals surface area contributed by atoms with Crippen LogP contribution in [-0.4, -0.2) is 63.0 Å². The molecule has 1 aliphatic heterocycles. The average molecular weight is 356 g/mol. The molecule has 3 heterocycles. The van der Waals surface area contributed by atoms with Gasteiger partial charge in [0.25, 0.3) is 0 Å². The molecule has 2 aliphatic rings. The van der Waals surface area contributed by atoms with Gasteiger partial charge < -0.3 is 14.6 Å². The predicted octanol–water partition coefficient (Wildman–Crippen LogP) is 2.32. The van der Waals surface area contributed by atoms with E-state index in [1.807, 2.05) is 29.9 Å². The highest BCUT2D eigenvalue weighted by molar-refractivity contribution is 5.51. The van der Waals surface area contributed by atoms with Crippen molar-refractivity contribution in [2.24, 2.45) is 7.05 Å². The molecular weight excluding hydrogens is 328 g/mol. The lowest BCUT2D eigenvalue weighted by atomic mass is 9.79. The predicted molar refractivity (Wildman–Crippen MR) is 101 cm³/mol. The third-order valence-corrected chi connectivity index (χ3v) is 5.78. The number of rotatable bonds is 5. The Morgan fingerprint density at radius 2 is 1.92 bits per heavy atom. The number of morpholine rings is 1. The monoisotopic (exact) mass is 356 g/mol. The van der Waals surface area contributed by atoms with Crippen LogP contribution in [0, 0.1) is 0 Å². The maximum absolute atomic E-state index is 5.56. The molecule has 4 rings (SSSR count). The Labute approximate surface area is 154 Å². The van der Waals surface area contributed by atoms with Gasteiger partial charge in [0.15, 0.2) is 5.82 Å². The number of ether oxygens (including phenoxy) is 1. The van der Waals surface area contributed by atoms with Crippen molar-refractivity contribution in [1.82, 2.24) is 24.6 Å². The minimum atomic E-state index is 0.224. The standard InChI is InChI=1S/C19H28N6O/c1-24-10-9-20-18(24)16-5-6-17(23-22-16)21-15-19(7-3-2-4-8-19)25-11-13-26-14-12-25/h5-6,9-10H,2-4,7-8,11-15H2,1H3,(H,21,23). The Morgan fingerprint density at radius 1 is 1.12 bits per heavy atom. The van der Waals surface area contributed by atoms with Crippen molar-refractivity contribution >= 4 is 5.82 Å². The van der Waals surface area contributed by atoms with Crippen LogP contribution < -0.4 is 5.32 Å². The molecule has 1 aliphatic carbocycles. The van der Waals surface area contributed by atoms with Gasteiger partial charge in [-0.1, -0.05) is 19.3 Å². The van der Waals surface area contributed by atoms with Crippen molar-refractivity contribution in [3.63, 3.8) is 0 Å². The highest BCUT2D eigenvalue weighted by atomic mass is 16.5. The van der Waals surface area contributed by atoms with Crippen molar-refractivity contribution in [1.29, 1.82) is 0 Å². The first-order valence-electron chi connectivity index (χ1n) is 9.65. The molecule has 0 amide bonds. The summed E-state index contributed by atoms with van der Waals surface area (Å²) in [6.45, 7) is 4.68. The van der Waals surface area contributed by atoms with Crippen LogP contribution in [0.1, 0.15) is 32.1 Å². The summed E-state index contributed by atoms with van der Waals surface area (Å²) in [5, 5.41) is 12.3. The van der Waals surface area contributed by atoms with E-state index in [1.54, 1.807) is 6.20 Å². The molecule has 0 radical (unpaired) electrons. The summed E-state index contributed by atoms with van der Waals surface area (Å²) in [5.74, 6) is 1.67. The van der Waals surface area contributed by atoms with Crippen LogP contribution in [0.5, 0.6) is 0 Å². The van der Waals surface area contributed by atoms with Crippen molar-refractivity contribution in [2.45, 2.75) is 37.6 Å². The highest BCUT2D eigenvalue weighted by Crippen LogP contribution is 2.34. The number of imidazole rings is 1. The largest absolute Gasteiger partial charge is 0.379 e. The Kier molecular flexibility index (Phi) is 5.17. The maximum atomic E-state index is 5.56. The lowest BCUT2D eigenvalue weighted by molar-refractivity contribution is -0.0318. The van der Waals surface area contributed by atoms with E-state index in [4.69, 9.17) is 4.74 Å². The average Bonchev–Trinajstić information content (AvgIpc) is 3.14. The summed E-state index contributed by atoms with van der Waals surface area (Å²) in [7, 11) is 1.96. The summed E-state index contributed by atoms with van der Waals surface area (Å²) in [6, 6.07) is 3.99. The molecule has 1 N–H and O–H groups in total. The molecule has 7 heteroatoms. The van der Waals surface area contributed by atoms with Crippen LogP contribution in [0.15, 0.2) is 24.5 Å². The molecule has 0 unspecified atom stereocenters. The molecule has 0 atom stereocenters. The topological polar surface area (TPSA) is 68.1 Å². The normalized spacial score (nSPS) is 20.8. The van der Waals surface area contributed by atoms with Gasteiger partial charge >= 0.3 is 0 Å². The Hall–Kier alpha value is -1.99. The van der Waals surface area contributed by atoms with Crippen molar-refractivity contribution in [3.05, 3.63) is 24.5 Å². The van der Waals surface area contributed by atoms with Crippen molar-refractivity contribution in [2.75, 3.05) is 38.2 Å². The minimum absolute atomic E-state index is 0.224. The summed E-state index contributed by atoms with van der Waals surface area (Å²) in [6.07, 6.45) is 10.2. The maximum Gasteiger partial charge on any atom is 0.160 e. The fourth-order valence-corrected chi connectivity index (χ4v) is 4.27. The van der Waals surface area contributed by atoms with Crippen LogP contribution in [-0.2, 0) is 11.8 Å². The minimum Gasteiger partial charge on any atom is -0.379 e. The number of aryl methyl sites for hydroxylation is 1. The van der Waals surface area contributed by atoms with E-state index >= 15 is 0 Å². The fraction of sp³-hybridized carbons (Fsp3) is 0.632. The second kappa shape index (κ2) is 7.72. The van der Waals surface area contributed by atoms with Crippen molar-refractivity contribution in [3.8, 4) is 11.5 Å². The van der Waals surface area contributed by atoms with E-state index in [1.165, 1.54) is 32.1 Å². The number of anilines is 1. The van der Waals surface area contributed by atoms with E-state index in [0.717, 1.165) is 50.2 Å². The quantitative estimate of drug-likeness (QED) is 0.887. The van der Waals surface area contributed by atoms with Crippen LogP contribution in [0.2, 0.25) is 0 Å². The van der Waals surface area contributed by atoms with Crippen LogP contribution in [0.3, 0.4) is 0 Å². The molecule has 0 aromatic carbocycles. The SMILES string of the molecule is Cn1ccnc1-c1ccc(NCC2(N3CCOCC3)CCCCC2)nn1. The molecule has 140 valence electrons. The van der Waals surface area contributed by atoms with Gasteiger partial charge in [0.05, 0.1) is 13.2 Å². The molecule has 2 aromatic rings. The smallest absolute Gasteiger partial charge is 0.160 e. The van der Waals surface area contributed by atoms with Gasteiger partial charge in [-0.05, 0) is 25.0 Å². The van der Waals surface area contributed by atoms with E-state index in [9.17, 15) is 0 Å². The number of nitrogens with zero attached hydrogens (tertiary/aromatic N) is 5. The Bertz CT molecular complexity index is 701. The fourth-order valence-electron chi connectivity index (χ4n) is 4.27. The molecule has 2 aromatic heterocycles. The lowest BCUT2D eigenvalue weighted by Crippen LogP contribution is -2.58. The second-order valence-electron chi connectivity index (χ2n) is 7.40. The number of nitrogens with one attached hydrogen (secondary N) is 1. The number of hydrogen-bond acceptors (Lipinski definition) is 6. The van der Waals surface area contributed by atoms with Gasteiger partial charge in [-0.25, -0.2) is 4.98 Å². The van der Waals surface area contributed by atoms with Gasteiger partial charge in [0.2, 0.25) is 0 Å². The molecule has 26 heavy (non-hydrogen) atoms. The summed E-state index contributed by atoms with van der Waals surface area (Å²) >= 11 is 0. The number of aromatic nitrogens is 4. The van der Waals surface area contributed by atoms with E-state index < -0.39 is 0 Å². The zero-order chi connectivity index (χ0) is 17.8. The zero-order valence-electron chi connectivity index (χ0n) is 15.5. The third kappa shape index (κ3) is 3.59. The lowest BCUT2D eigenvalue weighted by Gasteiger charge is -2.48. The molecule has 0 bridgehead atoms. The summed E-state index contributed by atoms with van der Waals surface area (Å²) in [5.41, 5.74) is 1.02. The van der Waals surface area contributed by atoms with Gasteiger partial charge in [0, 0.05) is 44.6 Å². The Balaban J connectivity index is 1.44. The van der Waals surface area contributed by atoms with E-state index in [2.05, 4.69) is 25.4 Å². The van der Waals surface area contributed by atoms with Crippen LogP contribution in [0.25, 0.3) is 11.5 Å². The first-order valence-corrected chi connectivity index (χ1v) is 9.65. The van der Waals surface area contributed by atoms with Gasteiger partial charge in [-0.3, -0.25) is 4.90 Å². The van der Waals surface area contributed by atoms with E-state index in [0.29, 0.717) is 0 Å². The molecular formula is C19H28N6O. The summed E-state index contributed by atoms with van der Waals surface area (Å²) < 4.78 is 7.52. The van der Waals surface area contributed by atoms with Crippen LogP contribution >= 0.6 is 0 Å². The van der Waals surface area contributed by atoms with Gasteiger partial charge in [-0.2, -0.15) is 0 Å². The van der Waals surface area contributed by atoms with Gasteiger partial charge in [0.1, 0.15) is 11.5 Å². The van der Waals surface area contributed by atoms with Crippen LogP contribution in [0.4, 0.5) is 5.82 Å². The summed E-state index contributed by atoms with van der Waals surface area (Å²) in [4.78, 5) is 6.97. The highest BCUT2D eigenvalue weighted by Gasteiger charge is 2.38. The van der Waals surface area contributed by atoms with Gasteiger partial charge in [-0.15, -0.1) is 10.2 Å². The molecule has 7 nitrogen and oxygen atoms in total. The van der Waals surface area contributed by atoms with Crippen molar-refractivity contribution < 1.29 is 4.74 Å². The first kappa shape index (κ1) is 17.4. The first-order chi connectivity index (χ1) is 12.8. The molecule has 1 saturated heterocycles. The second-order valence-corrected chi connectivity index (χ2v) is 7.40.